The molecule has 90 valence electrons. The van der Waals surface area contributed by atoms with E-state index < -0.39 is 6.10 Å². The summed E-state index contributed by atoms with van der Waals surface area (Å²) in [6.07, 6.45) is 1.84. The first-order valence-corrected chi connectivity index (χ1v) is 6.14. The third kappa shape index (κ3) is 2.07. The number of allylic oxidation sites excluding steroid dienone is 4. The molecule has 0 bridgehead atoms. The summed E-state index contributed by atoms with van der Waals surface area (Å²) >= 11 is 0. The third-order valence-corrected chi connectivity index (χ3v) is 3.71. The summed E-state index contributed by atoms with van der Waals surface area (Å²) in [5, 5.41) is 9.87. The van der Waals surface area contributed by atoms with Gasteiger partial charge < -0.3 is 5.11 Å². The molecule has 0 radical (unpaired) electrons. The lowest BCUT2D eigenvalue weighted by molar-refractivity contribution is 0.198. The first kappa shape index (κ1) is 12.1. The van der Waals surface area contributed by atoms with Crippen molar-refractivity contribution in [1.29, 1.82) is 0 Å². The van der Waals surface area contributed by atoms with Crippen LogP contribution in [0.5, 0.6) is 0 Å². The minimum atomic E-state index is -0.410. The van der Waals surface area contributed by atoms with Crippen LogP contribution in [0.3, 0.4) is 0 Å². The highest BCUT2D eigenvalue weighted by atomic mass is 16.3. The number of hydrogen-bond acceptors (Lipinski definition) is 1. The van der Waals surface area contributed by atoms with Crippen LogP contribution in [0, 0.1) is 0 Å². The highest BCUT2D eigenvalue weighted by molar-refractivity contribution is 5.51. The van der Waals surface area contributed by atoms with Gasteiger partial charge >= 0.3 is 0 Å². The van der Waals surface area contributed by atoms with Gasteiger partial charge in [0.05, 0.1) is 6.10 Å². The van der Waals surface area contributed by atoms with Crippen molar-refractivity contribution in [3.05, 3.63) is 58.2 Å². The van der Waals surface area contributed by atoms with E-state index in [1.54, 1.807) is 0 Å². The molecule has 1 aliphatic rings. The number of rotatable bonds is 2. The maximum atomic E-state index is 9.87. The molecule has 1 N–H and O–H groups in total. The van der Waals surface area contributed by atoms with E-state index in [0.717, 1.165) is 5.56 Å². The summed E-state index contributed by atoms with van der Waals surface area (Å²) < 4.78 is 0. The van der Waals surface area contributed by atoms with E-state index in [4.69, 9.17) is 0 Å². The average molecular weight is 228 g/mol. The SMILES string of the molecule is CC1=CC(C)=C(C)C1c1ccccc1C(C)O. The zero-order valence-electron chi connectivity index (χ0n) is 11.0. The Labute approximate surface area is 103 Å². The van der Waals surface area contributed by atoms with Crippen molar-refractivity contribution < 1.29 is 5.11 Å². The van der Waals surface area contributed by atoms with E-state index in [2.05, 4.69) is 39.0 Å². The molecular formula is C16H20O. The quantitative estimate of drug-likeness (QED) is 0.807. The van der Waals surface area contributed by atoms with Crippen LogP contribution in [0.15, 0.2) is 47.1 Å². The van der Waals surface area contributed by atoms with E-state index in [1.807, 2.05) is 19.1 Å². The highest BCUT2D eigenvalue weighted by Gasteiger charge is 2.24. The number of aliphatic hydroxyl groups excluding tert-OH is 1. The van der Waals surface area contributed by atoms with Gasteiger partial charge in [-0.05, 0) is 38.8 Å². The van der Waals surface area contributed by atoms with Crippen LogP contribution < -0.4 is 0 Å². The molecule has 0 fully saturated rings. The maximum absolute atomic E-state index is 9.87. The van der Waals surface area contributed by atoms with E-state index in [0.29, 0.717) is 5.92 Å². The van der Waals surface area contributed by atoms with E-state index >= 15 is 0 Å². The smallest absolute Gasteiger partial charge is 0.0764 e. The third-order valence-electron chi connectivity index (χ3n) is 3.71. The van der Waals surface area contributed by atoms with Crippen LogP contribution >= 0.6 is 0 Å². The molecular weight excluding hydrogens is 208 g/mol. The molecule has 0 aromatic heterocycles. The highest BCUT2D eigenvalue weighted by Crippen LogP contribution is 2.41. The molecule has 0 heterocycles. The zero-order valence-corrected chi connectivity index (χ0v) is 11.0. The van der Waals surface area contributed by atoms with Gasteiger partial charge in [0.25, 0.3) is 0 Å². The molecule has 17 heavy (non-hydrogen) atoms. The molecule has 0 saturated heterocycles. The minimum Gasteiger partial charge on any atom is -0.389 e. The van der Waals surface area contributed by atoms with Crippen molar-refractivity contribution in [1.82, 2.24) is 0 Å². The predicted molar refractivity (Wildman–Crippen MR) is 71.9 cm³/mol. The second kappa shape index (κ2) is 4.50. The predicted octanol–water partition coefficient (Wildman–Crippen LogP) is 4.12. The first-order valence-electron chi connectivity index (χ1n) is 6.14. The lowest BCUT2D eigenvalue weighted by Gasteiger charge is -2.20. The molecule has 0 saturated carbocycles. The molecule has 1 aromatic rings. The number of benzene rings is 1. The molecule has 0 amide bonds. The van der Waals surface area contributed by atoms with Crippen molar-refractivity contribution in [2.24, 2.45) is 0 Å². The molecule has 2 rings (SSSR count). The number of hydrogen-bond donors (Lipinski definition) is 1. The summed E-state index contributed by atoms with van der Waals surface area (Å²) in [5.74, 6) is 0.348. The Morgan fingerprint density at radius 1 is 1.12 bits per heavy atom. The van der Waals surface area contributed by atoms with Crippen molar-refractivity contribution >= 4 is 0 Å². The van der Waals surface area contributed by atoms with Crippen LogP contribution in [-0.4, -0.2) is 5.11 Å². The van der Waals surface area contributed by atoms with Crippen molar-refractivity contribution in [3.8, 4) is 0 Å². The van der Waals surface area contributed by atoms with Gasteiger partial charge in [-0.1, -0.05) is 47.1 Å². The molecule has 1 aliphatic carbocycles. The van der Waals surface area contributed by atoms with E-state index in [-0.39, 0.29) is 0 Å². The minimum absolute atomic E-state index is 0.348. The van der Waals surface area contributed by atoms with Gasteiger partial charge in [0, 0.05) is 5.92 Å². The molecule has 1 aromatic carbocycles. The lowest BCUT2D eigenvalue weighted by Crippen LogP contribution is -2.05. The van der Waals surface area contributed by atoms with Gasteiger partial charge in [-0.15, -0.1) is 0 Å². The monoisotopic (exact) mass is 228 g/mol. The van der Waals surface area contributed by atoms with Crippen LogP contribution in [-0.2, 0) is 0 Å². The molecule has 0 aliphatic heterocycles. The summed E-state index contributed by atoms with van der Waals surface area (Å²) in [7, 11) is 0. The van der Waals surface area contributed by atoms with Gasteiger partial charge in [-0.2, -0.15) is 0 Å². The van der Waals surface area contributed by atoms with Crippen LogP contribution in [0.1, 0.15) is 50.8 Å². The Balaban J connectivity index is 2.52. The maximum Gasteiger partial charge on any atom is 0.0764 e. The van der Waals surface area contributed by atoms with Crippen LogP contribution in [0.4, 0.5) is 0 Å². The Morgan fingerprint density at radius 2 is 1.76 bits per heavy atom. The largest absolute Gasteiger partial charge is 0.389 e. The normalized spacial score (nSPS) is 21.7. The van der Waals surface area contributed by atoms with Crippen LogP contribution in [0.25, 0.3) is 0 Å². The Hall–Kier alpha value is -1.34. The topological polar surface area (TPSA) is 20.2 Å². The summed E-state index contributed by atoms with van der Waals surface area (Å²) in [4.78, 5) is 0. The summed E-state index contributed by atoms with van der Waals surface area (Å²) in [6, 6.07) is 8.20. The molecule has 2 unspecified atom stereocenters. The fraction of sp³-hybridized carbons (Fsp3) is 0.375. The second-order valence-corrected chi connectivity index (χ2v) is 4.99. The van der Waals surface area contributed by atoms with E-state index in [1.165, 1.54) is 22.3 Å². The molecule has 1 nitrogen and oxygen atoms in total. The second-order valence-electron chi connectivity index (χ2n) is 4.99. The van der Waals surface area contributed by atoms with Gasteiger partial charge in [0.2, 0.25) is 0 Å². The van der Waals surface area contributed by atoms with Crippen molar-refractivity contribution in [2.45, 2.75) is 39.7 Å². The lowest BCUT2D eigenvalue weighted by atomic mass is 9.85. The molecule has 2 atom stereocenters. The fourth-order valence-corrected chi connectivity index (χ4v) is 2.74. The first-order chi connectivity index (χ1) is 8.02. The van der Waals surface area contributed by atoms with Gasteiger partial charge in [-0.25, -0.2) is 0 Å². The zero-order chi connectivity index (χ0) is 12.6. The van der Waals surface area contributed by atoms with Crippen molar-refractivity contribution in [2.75, 3.05) is 0 Å². The van der Waals surface area contributed by atoms with Gasteiger partial charge in [-0.3, -0.25) is 0 Å². The van der Waals surface area contributed by atoms with Gasteiger partial charge in [0.15, 0.2) is 0 Å². The average Bonchev–Trinajstić information content (AvgIpc) is 2.53. The van der Waals surface area contributed by atoms with Gasteiger partial charge in [0.1, 0.15) is 0 Å². The molecule has 0 spiro atoms. The number of aliphatic hydroxyl groups is 1. The van der Waals surface area contributed by atoms with Crippen molar-refractivity contribution in [3.63, 3.8) is 0 Å². The summed E-state index contributed by atoms with van der Waals surface area (Å²) in [6.45, 7) is 8.35. The van der Waals surface area contributed by atoms with Crippen LogP contribution in [0.2, 0.25) is 0 Å². The Kier molecular flexibility index (Phi) is 3.21. The standard InChI is InChI=1S/C16H20O/c1-10-9-11(2)16(12(10)3)15-8-6-5-7-14(15)13(4)17/h5-9,13,16-17H,1-4H3. The summed E-state index contributed by atoms with van der Waals surface area (Å²) in [5.41, 5.74) is 6.40. The Morgan fingerprint density at radius 3 is 2.29 bits per heavy atom. The molecule has 1 heteroatoms. The van der Waals surface area contributed by atoms with E-state index in [9.17, 15) is 5.11 Å². The Bertz CT molecular complexity index is 492. The fourth-order valence-electron chi connectivity index (χ4n) is 2.74.